The van der Waals surface area contributed by atoms with E-state index in [0.717, 1.165) is 0 Å². The van der Waals surface area contributed by atoms with Crippen LogP contribution in [0.25, 0.3) is 0 Å². The minimum absolute atomic E-state index is 0. The molecule has 1 N–H and O–H groups in total. The van der Waals surface area contributed by atoms with Crippen molar-refractivity contribution in [3.05, 3.63) is 48.5 Å². The maximum absolute atomic E-state index is 12.1. The van der Waals surface area contributed by atoms with Gasteiger partial charge in [-0.05, 0) is 31.2 Å². The van der Waals surface area contributed by atoms with Gasteiger partial charge in [0.25, 0.3) is 0 Å². The Morgan fingerprint density at radius 1 is 1.27 bits per heavy atom. The first kappa shape index (κ1) is 18.2. The minimum atomic E-state index is -3.29. The van der Waals surface area contributed by atoms with Crippen LogP contribution in [0.4, 0.5) is 5.69 Å². The minimum Gasteiger partial charge on any atom is -1.00 e. The summed E-state index contributed by atoms with van der Waals surface area (Å²) in [6.07, 6.45) is 5.50. The third-order valence-corrected chi connectivity index (χ3v) is 4.32. The summed E-state index contributed by atoms with van der Waals surface area (Å²) in [6.45, 7) is 1.82. The summed E-state index contributed by atoms with van der Waals surface area (Å²) in [4.78, 5) is 12.1. The summed E-state index contributed by atoms with van der Waals surface area (Å²) in [5.74, 6) is -0.0192. The molecule has 0 unspecified atom stereocenters. The number of nitrogens with one attached hydrogen (secondary N) is 1. The number of aryl methyl sites for hydroxylation is 1. The number of Topliss-reactive ketones (excluding diaryl/α,β-unsaturated/α-hetero) is 1. The van der Waals surface area contributed by atoms with Gasteiger partial charge in [0, 0.05) is 11.3 Å². The molecule has 0 aliphatic rings. The van der Waals surface area contributed by atoms with Crippen molar-refractivity contribution >= 4 is 21.5 Å². The maximum atomic E-state index is 12.1. The van der Waals surface area contributed by atoms with Gasteiger partial charge in [-0.3, -0.25) is 9.52 Å². The van der Waals surface area contributed by atoms with Crippen LogP contribution in [0.15, 0.2) is 43.0 Å². The molecule has 0 saturated carbocycles. The molecule has 0 bridgehead atoms. The van der Waals surface area contributed by atoms with E-state index in [4.69, 9.17) is 0 Å². The van der Waals surface area contributed by atoms with Gasteiger partial charge in [0.1, 0.15) is 12.4 Å². The van der Waals surface area contributed by atoms with Gasteiger partial charge in [-0.2, -0.15) is 0 Å². The third kappa shape index (κ3) is 4.85. The molecule has 1 aromatic heterocycles. The fourth-order valence-electron chi connectivity index (χ4n) is 1.83. The predicted octanol–water partition coefficient (Wildman–Crippen LogP) is -2.04. The van der Waals surface area contributed by atoms with Gasteiger partial charge < -0.3 is 12.4 Å². The Hall–Kier alpha value is -1.86. The number of halogens is 1. The smallest absolute Gasteiger partial charge is 0.243 e. The third-order valence-electron chi connectivity index (χ3n) is 3.01. The molecule has 1 aromatic carbocycles. The van der Waals surface area contributed by atoms with Crippen LogP contribution in [0.3, 0.4) is 0 Å². The topological polar surface area (TPSA) is 72.0 Å². The molecule has 2 rings (SSSR count). The Bertz CT molecular complexity index is 739. The van der Waals surface area contributed by atoms with Crippen LogP contribution in [0, 0.1) is 0 Å². The molecule has 0 aliphatic carbocycles. The number of hydrogen-bond acceptors (Lipinski definition) is 3. The number of nitrogens with zero attached hydrogens (tertiary/aromatic N) is 2. The number of benzene rings is 1. The highest BCUT2D eigenvalue weighted by Gasteiger charge is 2.12. The van der Waals surface area contributed by atoms with Gasteiger partial charge in [-0.25, -0.2) is 17.6 Å². The normalized spacial score (nSPS) is 10.8. The molecule has 0 fully saturated rings. The fraction of sp³-hybridized carbons (Fsp3) is 0.286. The van der Waals surface area contributed by atoms with Crippen LogP contribution in [0.1, 0.15) is 17.3 Å². The molecule has 0 aliphatic heterocycles. The van der Waals surface area contributed by atoms with Crippen molar-refractivity contribution in [3.8, 4) is 0 Å². The lowest BCUT2D eigenvalue weighted by Crippen LogP contribution is -3.00. The van der Waals surface area contributed by atoms with E-state index in [2.05, 4.69) is 4.72 Å². The van der Waals surface area contributed by atoms with Gasteiger partial charge in [0.15, 0.2) is 6.54 Å². The Labute approximate surface area is 136 Å². The first-order valence-electron chi connectivity index (χ1n) is 6.54. The summed E-state index contributed by atoms with van der Waals surface area (Å²) in [5, 5.41) is 0. The number of carbonyl (C=O) groups excluding carboxylic acids is 1. The summed E-state index contributed by atoms with van der Waals surface area (Å²) >= 11 is 0. The fourth-order valence-corrected chi connectivity index (χ4v) is 2.47. The van der Waals surface area contributed by atoms with E-state index in [1.165, 1.54) is 0 Å². The number of sulfonamides is 1. The Balaban J connectivity index is 0.00000242. The second-order valence-corrected chi connectivity index (χ2v) is 6.77. The highest BCUT2D eigenvalue weighted by atomic mass is 35.5. The van der Waals surface area contributed by atoms with Gasteiger partial charge in [0.2, 0.25) is 22.1 Å². The molecule has 0 radical (unpaired) electrons. The Morgan fingerprint density at radius 2 is 1.91 bits per heavy atom. The molecule has 22 heavy (non-hydrogen) atoms. The molecular formula is C14H18ClN3O3S. The zero-order valence-corrected chi connectivity index (χ0v) is 13.9. The quantitative estimate of drug-likeness (QED) is 0.485. The number of ketones is 1. The predicted molar refractivity (Wildman–Crippen MR) is 79.5 cm³/mol. The Kier molecular flexibility index (Phi) is 6.13. The van der Waals surface area contributed by atoms with Crippen molar-refractivity contribution in [2.75, 3.05) is 10.5 Å². The second kappa shape index (κ2) is 7.42. The molecule has 0 amide bonds. The number of imidazole rings is 1. The van der Waals surface area contributed by atoms with E-state index in [1.54, 1.807) is 35.8 Å². The van der Waals surface area contributed by atoms with Crippen molar-refractivity contribution in [3.63, 3.8) is 0 Å². The molecule has 1 heterocycles. The van der Waals surface area contributed by atoms with E-state index in [1.807, 2.05) is 30.3 Å². The summed E-state index contributed by atoms with van der Waals surface area (Å²) in [5.41, 5.74) is 1.01. The Morgan fingerprint density at radius 3 is 2.41 bits per heavy atom. The molecule has 6 nitrogen and oxygen atoms in total. The first-order valence-corrected chi connectivity index (χ1v) is 8.19. The first-order chi connectivity index (χ1) is 9.89. The van der Waals surface area contributed by atoms with Crippen molar-refractivity contribution < 1.29 is 30.2 Å². The number of aromatic nitrogens is 2. The van der Waals surface area contributed by atoms with Gasteiger partial charge in [0.05, 0.1) is 12.8 Å². The standard InChI is InChI=1S/C14H17N3O3S.ClH/c1-3-21(19,20)15-13-6-4-12(5-7-13)14(18)10-17-9-8-16(2)11-17;/h4-9,11H,3,10H2,1-2H3;1H. The van der Waals surface area contributed by atoms with E-state index in [0.29, 0.717) is 11.3 Å². The number of anilines is 1. The average Bonchev–Trinajstić information content (AvgIpc) is 2.84. The van der Waals surface area contributed by atoms with E-state index < -0.39 is 10.0 Å². The highest BCUT2D eigenvalue weighted by molar-refractivity contribution is 7.92. The van der Waals surface area contributed by atoms with Crippen LogP contribution in [-0.4, -0.2) is 24.5 Å². The molecule has 0 saturated heterocycles. The van der Waals surface area contributed by atoms with Gasteiger partial charge >= 0.3 is 0 Å². The lowest BCUT2D eigenvalue weighted by atomic mass is 10.1. The van der Waals surface area contributed by atoms with E-state index in [-0.39, 0.29) is 30.5 Å². The summed E-state index contributed by atoms with van der Waals surface area (Å²) in [7, 11) is -1.41. The van der Waals surface area contributed by atoms with Crippen molar-refractivity contribution in [1.82, 2.24) is 4.57 Å². The SMILES string of the molecule is CCS(=O)(=O)Nc1ccc(C(=O)Cn2cc[n+](C)c2)cc1.[Cl-]. The lowest BCUT2D eigenvalue weighted by molar-refractivity contribution is -0.671. The summed E-state index contributed by atoms with van der Waals surface area (Å²) in [6, 6.07) is 6.44. The lowest BCUT2D eigenvalue weighted by Gasteiger charge is -2.06. The molecule has 0 atom stereocenters. The van der Waals surface area contributed by atoms with Crippen molar-refractivity contribution in [2.45, 2.75) is 13.5 Å². The molecule has 2 aromatic rings. The highest BCUT2D eigenvalue weighted by Crippen LogP contribution is 2.12. The summed E-state index contributed by atoms with van der Waals surface area (Å²) < 4.78 is 29.0. The monoisotopic (exact) mass is 343 g/mol. The van der Waals surface area contributed by atoms with Gasteiger partial charge in [-0.15, -0.1) is 0 Å². The largest absolute Gasteiger partial charge is 1.00 e. The zero-order valence-electron chi connectivity index (χ0n) is 12.4. The number of carbonyl (C=O) groups is 1. The van der Waals surface area contributed by atoms with Crippen molar-refractivity contribution in [1.29, 1.82) is 0 Å². The van der Waals surface area contributed by atoms with Crippen LogP contribution >= 0.6 is 0 Å². The van der Waals surface area contributed by atoms with E-state index in [9.17, 15) is 13.2 Å². The van der Waals surface area contributed by atoms with E-state index >= 15 is 0 Å². The van der Waals surface area contributed by atoms with Crippen LogP contribution < -0.4 is 21.7 Å². The zero-order chi connectivity index (χ0) is 15.5. The number of rotatable bonds is 6. The van der Waals surface area contributed by atoms with Crippen LogP contribution in [-0.2, 0) is 23.6 Å². The molecular weight excluding hydrogens is 326 g/mol. The molecule has 0 spiro atoms. The van der Waals surface area contributed by atoms with Crippen molar-refractivity contribution in [2.24, 2.45) is 7.05 Å². The number of hydrogen-bond donors (Lipinski definition) is 1. The van der Waals surface area contributed by atoms with Crippen LogP contribution in [0.5, 0.6) is 0 Å². The average molecular weight is 344 g/mol. The maximum Gasteiger partial charge on any atom is 0.243 e. The van der Waals surface area contributed by atoms with Gasteiger partial charge in [-0.1, -0.05) is 0 Å². The molecule has 8 heteroatoms. The molecule has 120 valence electrons. The van der Waals surface area contributed by atoms with Crippen LogP contribution in [0.2, 0.25) is 0 Å². The second-order valence-electron chi connectivity index (χ2n) is 4.76.